The molecule has 1 saturated heterocycles. The molecule has 1 spiro atoms. The molecule has 120 valence electrons. The summed E-state index contributed by atoms with van der Waals surface area (Å²) in [5.74, 6) is -0.100. The molecule has 0 radical (unpaired) electrons. The van der Waals surface area contributed by atoms with Crippen molar-refractivity contribution in [2.24, 2.45) is 0 Å². The highest BCUT2D eigenvalue weighted by Gasteiger charge is 2.41. The Morgan fingerprint density at radius 2 is 2.09 bits per heavy atom. The molecule has 1 N–H and O–H groups in total. The lowest BCUT2D eigenvalue weighted by Gasteiger charge is -2.40. The quantitative estimate of drug-likeness (QED) is 0.818. The van der Waals surface area contributed by atoms with E-state index >= 15 is 0 Å². The second-order valence-electron chi connectivity index (χ2n) is 7.21. The Hall–Kier alpha value is -1.35. The number of anilines is 1. The van der Waals surface area contributed by atoms with Gasteiger partial charge in [0.1, 0.15) is 5.82 Å². The molecule has 0 saturated carbocycles. The number of hydrogen-bond donors (Lipinski definition) is 1. The van der Waals surface area contributed by atoms with Crippen LogP contribution >= 0.6 is 0 Å². The van der Waals surface area contributed by atoms with Crippen LogP contribution < -0.4 is 5.32 Å². The summed E-state index contributed by atoms with van der Waals surface area (Å²) in [5.41, 5.74) is 4.15. The van der Waals surface area contributed by atoms with Gasteiger partial charge in [-0.3, -0.25) is 4.90 Å². The normalized spacial score (nSPS) is 24.0. The fourth-order valence-electron chi connectivity index (χ4n) is 4.39. The minimum Gasteiger partial charge on any atom is -0.384 e. The van der Waals surface area contributed by atoms with Gasteiger partial charge in [-0.05, 0) is 75.4 Å². The van der Waals surface area contributed by atoms with Crippen molar-refractivity contribution < 1.29 is 5.82 Å². The van der Waals surface area contributed by atoms with Crippen LogP contribution in [-0.4, -0.2) is 31.1 Å². The maximum absolute atomic E-state index is 13.6. The van der Waals surface area contributed by atoms with Gasteiger partial charge in [-0.25, -0.2) is 4.39 Å². The average Bonchev–Trinajstić information content (AvgIpc) is 2.89. The third-order valence-corrected chi connectivity index (χ3v) is 5.80. The molecule has 1 fully saturated rings. The molecule has 0 atom stereocenters. The minimum atomic E-state index is -0.100. The molecule has 22 heavy (non-hydrogen) atoms. The van der Waals surface area contributed by atoms with Gasteiger partial charge in [-0.2, -0.15) is 0 Å². The van der Waals surface area contributed by atoms with Gasteiger partial charge in [0.2, 0.25) is 0 Å². The van der Waals surface area contributed by atoms with E-state index in [1.165, 1.54) is 31.2 Å². The van der Waals surface area contributed by atoms with Crippen LogP contribution in [0, 0.1) is 5.82 Å². The molecule has 3 heteroatoms. The number of piperidine rings is 1. The molecule has 2 heterocycles. The van der Waals surface area contributed by atoms with E-state index in [9.17, 15) is 4.39 Å². The smallest absolute Gasteiger partial charge is 0.123 e. The second kappa shape index (κ2) is 5.69. The van der Waals surface area contributed by atoms with Crippen LogP contribution in [-0.2, 0) is 5.41 Å². The second-order valence-corrected chi connectivity index (χ2v) is 7.21. The summed E-state index contributed by atoms with van der Waals surface area (Å²) in [7, 11) is 0. The lowest BCUT2D eigenvalue weighted by molar-refractivity contribution is 0.178. The first-order valence-electron chi connectivity index (χ1n) is 8.69. The van der Waals surface area contributed by atoms with Crippen molar-refractivity contribution in [1.82, 2.24) is 4.90 Å². The molecule has 0 amide bonds. The summed E-state index contributed by atoms with van der Waals surface area (Å²) >= 11 is 0. The zero-order valence-corrected chi connectivity index (χ0v) is 13.2. The van der Waals surface area contributed by atoms with Crippen LogP contribution in [0.4, 0.5) is 10.1 Å². The Labute approximate surface area is 133 Å². The molecule has 1 aliphatic carbocycles. The van der Waals surface area contributed by atoms with Gasteiger partial charge in [0.25, 0.3) is 0 Å². The van der Waals surface area contributed by atoms with Crippen LogP contribution in [0.3, 0.4) is 0 Å². The molecule has 0 bridgehead atoms. The van der Waals surface area contributed by atoms with Gasteiger partial charge in [0, 0.05) is 25.6 Å². The van der Waals surface area contributed by atoms with Crippen molar-refractivity contribution in [3.05, 3.63) is 41.2 Å². The predicted octanol–water partition coefficient (Wildman–Crippen LogP) is 4.33. The van der Waals surface area contributed by atoms with E-state index in [1.54, 1.807) is 17.7 Å². The van der Waals surface area contributed by atoms with Gasteiger partial charge in [0.05, 0.1) is 0 Å². The third-order valence-electron chi connectivity index (χ3n) is 5.80. The summed E-state index contributed by atoms with van der Waals surface area (Å²) in [6, 6.07) is 5.23. The van der Waals surface area contributed by atoms with E-state index in [0.29, 0.717) is 0 Å². The van der Waals surface area contributed by atoms with E-state index in [0.717, 1.165) is 44.7 Å². The maximum atomic E-state index is 13.6. The summed E-state index contributed by atoms with van der Waals surface area (Å²) in [4.78, 5) is 2.60. The Morgan fingerprint density at radius 1 is 1.23 bits per heavy atom. The van der Waals surface area contributed by atoms with Crippen LogP contribution in [0.5, 0.6) is 0 Å². The number of hydrogen-bond acceptors (Lipinski definition) is 2. The zero-order valence-electron chi connectivity index (χ0n) is 13.2. The average molecular weight is 302 g/mol. The van der Waals surface area contributed by atoms with E-state index in [-0.39, 0.29) is 12.7 Å². The lowest BCUT2D eigenvalue weighted by Crippen LogP contribution is -2.44. The first-order chi connectivity index (χ1) is 10.8. The van der Waals surface area contributed by atoms with E-state index in [4.69, 9.17) is 0 Å². The maximum Gasteiger partial charge on any atom is 0.123 e. The summed E-state index contributed by atoms with van der Waals surface area (Å²) in [6.45, 7) is 4.39. The van der Waals surface area contributed by atoms with E-state index < -0.39 is 0 Å². The Balaban J connectivity index is 0.00000156. The number of allylic oxidation sites excluding steroid dienone is 1. The van der Waals surface area contributed by atoms with Crippen molar-refractivity contribution in [3.63, 3.8) is 0 Å². The highest BCUT2D eigenvalue weighted by atomic mass is 19.1. The number of nitrogens with zero attached hydrogens (tertiary/aromatic N) is 1. The molecule has 1 aromatic rings. The van der Waals surface area contributed by atoms with Gasteiger partial charge >= 0.3 is 0 Å². The van der Waals surface area contributed by atoms with Crippen molar-refractivity contribution >= 4 is 5.69 Å². The number of rotatable bonds is 2. The predicted molar refractivity (Wildman–Crippen MR) is 90.9 cm³/mol. The van der Waals surface area contributed by atoms with Crippen molar-refractivity contribution in [1.29, 1.82) is 0 Å². The Bertz CT molecular complexity index is 591. The largest absolute Gasteiger partial charge is 0.384 e. The first kappa shape index (κ1) is 14.3. The monoisotopic (exact) mass is 302 g/mol. The summed E-state index contributed by atoms with van der Waals surface area (Å²) < 4.78 is 13.6. The first-order valence-corrected chi connectivity index (χ1v) is 8.69. The van der Waals surface area contributed by atoms with E-state index in [1.807, 2.05) is 6.07 Å². The number of benzene rings is 1. The molecule has 1 aromatic carbocycles. The molecule has 2 aliphatic heterocycles. The molecule has 4 rings (SSSR count). The molecular weight excluding hydrogens is 275 g/mol. The molecular formula is C19H27FN2. The Kier molecular flexibility index (Phi) is 3.69. The number of nitrogens with one attached hydrogen (secondary N) is 1. The number of fused-ring (bicyclic) bond motifs is 2. The topological polar surface area (TPSA) is 15.3 Å². The fraction of sp³-hybridized carbons (Fsp3) is 0.579. The minimum absolute atomic E-state index is 0. The summed E-state index contributed by atoms with van der Waals surface area (Å²) in [6.07, 6.45) is 10.0. The van der Waals surface area contributed by atoms with Gasteiger partial charge in [-0.15, -0.1) is 0 Å². The Morgan fingerprint density at radius 3 is 2.86 bits per heavy atom. The lowest BCUT2D eigenvalue weighted by atomic mass is 9.74. The van der Waals surface area contributed by atoms with Crippen LogP contribution in [0.1, 0.15) is 45.5 Å². The standard InChI is InChI=1S/C19H25FN2.H2/c20-16-6-7-18-17(12-16)19(14-21-18)8-10-22(11-9-19)13-15-4-2-1-3-5-15;/h4,6-7,12,21H,1-3,5,8-11,13-14H2;1H. The highest BCUT2D eigenvalue weighted by Crippen LogP contribution is 2.44. The van der Waals surface area contributed by atoms with Gasteiger partial charge in [0.15, 0.2) is 0 Å². The van der Waals surface area contributed by atoms with Crippen molar-refractivity contribution in [2.75, 3.05) is 31.5 Å². The van der Waals surface area contributed by atoms with Gasteiger partial charge < -0.3 is 5.32 Å². The zero-order chi connectivity index (χ0) is 15.0. The highest BCUT2D eigenvalue weighted by molar-refractivity contribution is 5.60. The summed E-state index contributed by atoms with van der Waals surface area (Å²) in [5, 5.41) is 3.49. The fourth-order valence-corrected chi connectivity index (χ4v) is 4.39. The van der Waals surface area contributed by atoms with Crippen molar-refractivity contribution in [2.45, 2.75) is 43.9 Å². The molecule has 2 nitrogen and oxygen atoms in total. The molecule has 0 unspecified atom stereocenters. The third kappa shape index (κ3) is 2.56. The molecule has 3 aliphatic rings. The molecule has 0 aromatic heterocycles. The number of likely N-dealkylation sites (tertiary alicyclic amines) is 1. The SMILES string of the molecule is Fc1ccc2c(c1)C1(CCN(CC3=CCCCC3)CC1)CN2.[HH]. The van der Waals surface area contributed by atoms with E-state index in [2.05, 4.69) is 16.3 Å². The van der Waals surface area contributed by atoms with Gasteiger partial charge in [-0.1, -0.05) is 11.6 Å². The van der Waals surface area contributed by atoms with Crippen LogP contribution in [0.15, 0.2) is 29.8 Å². The van der Waals surface area contributed by atoms with Crippen molar-refractivity contribution in [3.8, 4) is 0 Å². The van der Waals surface area contributed by atoms with Crippen LogP contribution in [0.25, 0.3) is 0 Å². The number of halogens is 1. The van der Waals surface area contributed by atoms with Crippen LogP contribution in [0.2, 0.25) is 0 Å².